The van der Waals surface area contributed by atoms with E-state index in [0.29, 0.717) is 5.56 Å². The van der Waals surface area contributed by atoms with Crippen LogP contribution in [-0.2, 0) is 6.42 Å². The minimum Gasteiger partial charge on any atom is -0.324 e. The molecule has 1 aromatic carbocycles. The monoisotopic (exact) mass is 167 g/mol. The van der Waals surface area contributed by atoms with Crippen molar-refractivity contribution in [2.24, 2.45) is 5.73 Å². The molecule has 0 aliphatic heterocycles. The van der Waals surface area contributed by atoms with Crippen LogP contribution in [0.3, 0.4) is 0 Å². The molecule has 0 spiro atoms. The van der Waals surface area contributed by atoms with Gasteiger partial charge >= 0.3 is 0 Å². The Bertz CT molecular complexity index is 269. The van der Waals surface area contributed by atoms with Gasteiger partial charge < -0.3 is 5.73 Å². The summed E-state index contributed by atoms with van der Waals surface area (Å²) in [6, 6.07) is 4.88. The van der Waals surface area contributed by atoms with E-state index in [0.717, 1.165) is 12.0 Å². The number of nitrogens with two attached hydrogens (primary N) is 1. The SMILES string of the molecule is CCc1ccc(F)c(C(C)N)c1. The molecule has 0 radical (unpaired) electrons. The van der Waals surface area contributed by atoms with Crippen molar-refractivity contribution in [1.29, 1.82) is 0 Å². The molecular weight excluding hydrogens is 153 g/mol. The van der Waals surface area contributed by atoms with Crippen LogP contribution >= 0.6 is 0 Å². The van der Waals surface area contributed by atoms with E-state index in [2.05, 4.69) is 0 Å². The van der Waals surface area contributed by atoms with Gasteiger partial charge in [-0.25, -0.2) is 4.39 Å². The lowest BCUT2D eigenvalue weighted by Gasteiger charge is -2.08. The summed E-state index contributed by atoms with van der Waals surface area (Å²) in [7, 11) is 0. The van der Waals surface area contributed by atoms with Gasteiger partial charge in [0.15, 0.2) is 0 Å². The molecule has 0 aromatic heterocycles. The molecule has 66 valence electrons. The quantitative estimate of drug-likeness (QED) is 0.719. The van der Waals surface area contributed by atoms with Crippen LogP contribution in [0.4, 0.5) is 4.39 Å². The van der Waals surface area contributed by atoms with Gasteiger partial charge in [0.1, 0.15) is 5.82 Å². The predicted molar refractivity (Wildman–Crippen MR) is 48.4 cm³/mol. The minimum absolute atomic E-state index is 0.206. The molecular formula is C10H14FN. The van der Waals surface area contributed by atoms with E-state index in [9.17, 15) is 4.39 Å². The van der Waals surface area contributed by atoms with Gasteiger partial charge in [-0.2, -0.15) is 0 Å². The van der Waals surface area contributed by atoms with Gasteiger partial charge in [-0.05, 0) is 25.0 Å². The maximum Gasteiger partial charge on any atom is 0.127 e. The zero-order valence-electron chi connectivity index (χ0n) is 7.47. The summed E-state index contributed by atoms with van der Waals surface area (Å²) in [5.74, 6) is -0.206. The van der Waals surface area contributed by atoms with Crippen molar-refractivity contribution in [3.63, 3.8) is 0 Å². The molecule has 2 heteroatoms. The Balaban J connectivity index is 3.08. The van der Waals surface area contributed by atoms with Crippen LogP contribution < -0.4 is 5.73 Å². The molecule has 1 rings (SSSR count). The molecule has 0 fully saturated rings. The molecule has 1 nitrogen and oxygen atoms in total. The van der Waals surface area contributed by atoms with Gasteiger partial charge in [-0.3, -0.25) is 0 Å². The third-order valence-corrected chi connectivity index (χ3v) is 1.96. The van der Waals surface area contributed by atoms with Crippen LogP contribution in [0.5, 0.6) is 0 Å². The fourth-order valence-electron chi connectivity index (χ4n) is 1.16. The van der Waals surface area contributed by atoms with Crippen LogP contribution in [0.15, 0.2) is 18.2 Å². The van der Waals surface area contributed by atoms with Crippen LogP contribution in [-0.4, -0.2) is 0 Å². The average molecular weight is 167 g/mol. The zero-order valence-corrected chi connectivity index (χ0v) is 7.47. The van der Waals surface area contributed by atoms with Crippen LogP contribution in [0.2, 0.25) is 0 Å². The summed E-state index contributed by atoms with van der Waals surface area (Å²) in [5, 5.41) is 0. The maximum absolute atomic E-state index is 13.1. The summed E-state index contributed by atoms with van der Waals surface area (Å²) in [6.45, 7) is 3.83. The molecule has 0 aliphatic rings. The second-order valence-electron chi connectivity index (χ2n) is 3.00. The highest BCUT2D eigenvalue weighted by Gasteiger charge is 2.06. The van der Waals surface area contributed by atoms with E-state index in [1.807, 2.05) is 13.0 Å². The Morgan fingerprint density at radius 1 is 1.50 bits per heavy atom. The van der Waals surface area contributed by atoms with Gasteiger partial charge in [0.05, 0.1) is 0 Å². The van der Waals surface area contributed by atoms with Gasteiger partial charge in [0.25, 0.3) is 0 Å². The van der Waals surface area contributed by atoms with E-state index in [-0.39, 0.29) is 11.9 Å². The number of hydrogen-bond donors (Lipinski definition) is 1. The number of aryl methyl sites for hydroxylation is 1. The number of rotatable bonds is 2. The van der Waals surface area contributed by atoms with Crippen LogP contribution in [0, 0.1) is 5.82 Å². The lowest BCUT2D eigenvalue weighted by Crippen LogP contribution is -2.07. The van der Waals surface area contributed by atoms with E-state index >= 15 is 0 Å². The van der Waals surface area contributed by atoms with E-state index in [1.165, 1.54) is 6.07 Å². The van der Waals surface area contributed by atoms with Crippen molar-refractivity contribution >= 4 is 0 Å². The van der Waals surface area contributed by atoms with Gasteiger partial charge in [-0.1, -0.05) is 19.1 Å². The number of benzene rings is 1. The van der Waals surface area contributed by atoms with E-state index < -0.39 is 0 Å². The van der Waals surface area contributed by atoms with E-state index in [4.69, 9.17) is 5.73 Å². The second-order valence-corrected chi connectivity index (χ2v) is 3.00. The highest BCUT2D eigenvalue weighted by Crippen LogP contribution is 2.16. The molecule has 1 unspecified atom stereocenters. The first-order valence-electron chi connectivity index (χ1n) is 4.19. The summed E-state index contributed by atoms with van der Waals surface area (Å²) >= 11 is 0. The molecule has 0 saturated heterocycles. The zero-order chi connectivity index (χ0) is 9.14. The van der Waals surface area contributed by atoms with E-state index in [1.54, 1.807) is 13.0 Å². The van der Waals surface area contributed by atoms with Gasteiger partial charge in [-0.15, -0.1) is 0 Å². The Hall–Kier alpha value is -0.890. The predicted octanol–water partition coefficient (Wildman–Crippen LogP) is 2.41. The highest BCUT2D eigenvalue weighted by molar-refractivity contribution is 5.27. The van der Waals surface area contributed by atoms with Crippen LogP contribution in [0.1, 0.15) is 31.0 Å². The minimum atomic E-state index is -0.225. The number of hydrogen-bond acceptors (Lipinski definition) is 1. The van der Waals surface area contributed by atoms with Crippen molar-refractivity contribution in [2.75, 3.05) is 0 Å². The lowest BCUT2D eigenvalue weighted by atomic mass is 10.0. The van der Waals surface area contributed by atoms with Crippen molar-refractivity contribution < 1.29 is 4.39 Å². The molecule has 2 N–H and O–H groups in total. The first-order valence-corrected chi connectivity index (χ1v) is 4.19. The lowest BCUT2D eigenvalue weighted by molar-refractivity contribution is 0.592. The average Bonchev–Trinajstić information content (AvgIpc) is 2.05. The van der Waals surface area contributed by atoms with Crippen molar-refractivity contribution in [2.45, 2.75) is 26.3 Å². The highest BCUT2D eigenvalue weighted by atomic mass is 19.1. The molecule has 0 amide bonds. The summed E-state index contributed by atoms with van der Waals surface area (Å²) in [5.41, 5.74) is 7.33. The molecule has 1 atom stereocenters. The van der Waals surface area contributed by atoms with Crippen molar-refractivity contribution in [3.8, 4) is 0 Å². The van der Waals surface area contributed by atoms with Crippen LogP contribution in [0.25, 0.3) is 0 Å². The fraction of sp³-hybridized carbons (Fsp3) is 0.400. The van der Waals surface area contributed by atoms with Gasteiger partial charge in [0.2, 0.25) is 0 Å². The molecule has 0 aliphatic carbocycles. The normalized spacial score (nSPS) is 13.0. The molecule has 12 heavy (non-hydrogen) atoms. The standard InChI is InChI=1S/C10H14FN/c1-3-8-4-5-10(11)9(6-8)7(2)12/h4-7H,3,12H2,1-2H3. The van der Waals surface area contributed by atoms with Gasteiger partial charge in [0, 0.05) is 11.6 Å². The van der Waals surface area contributed by atoms with Crippen molar-refractivity contribution in [1.82, 2.24) is 0 Å². The molecule has 0 saturated carbocycles. The molecule has 0 bridgehead atoms. The Morgan fingerprint density at radius 2 is 2.17 bits per heavy atom. The molecule has 0 heterocycles. The first-order chi connectivity index (χ1) is 5.65. The topological polar surface area (TPSA) is 26.0 Å². The summed E-state index contributed by atoms with van der Waals surface area (Å²) < 4.78 is 13.1. The third-order valence-electron chi connectivity index (χ3n) is 1.96. The largest absolute Gasteiger partial charge is 0.324 e. The smallest absolute Gasteiger partial charge is 0.127 e. The first kappa shape index (κ1) is 9.20. The maximum atomic E-state index is 13.1. The second kappa shape index (κ2) is 3.68. The number of halogens is 1. The Kier molecular flexibility index (Phi) is 2.82. The van der Waals surface area contributed by atoms with Crippen molar-refractivity contribution in [3.05, 3.63) is 35.1 Å². The third kappa shape index (κ3) is 1.83. The Labute approximate surface area is 72.4 Å². The summed E-state index contributed by atoms with van der Waals surface area (Å²) in [6.07, 6.45) is 0.917. The Morgan fingerprint density at radius 3 is 2.67 bits per heavy atom. The summed E-state index contributed by atoms with van der Waals surface area (Å²) in [4.78, 5) is 0. The fourth-order valence-corrected chi connectivity index (χ4v) is 1.16. The molecule has 1 aromatic rings.